The van der Waals surface area contributed by atoms with Crippen molar-refractivity contribution in [3.63, 3.8) is 0 Å². The number of nitrogens with zero attached hydrogens (tertiary/aromatic N) is 3. The molecule has 4 aromatic rings. The van der Waals surface area contributed by atoms with Crippen LogP contribution in [0.25, 0.3) is 11.4 Å². The normalized spacial score (nSPS) is 14.5. The topological polar surface area (TPSA) is 78.3 Å². The highest BCUT2D eigenvalue weighted by atomic mass is 32.2. The van der Waals surface area contributed by atoms with Gasteiger partial charge in [0.1, 0.15) is 5.25 Å². The Morgan fingerprint density at radius 1 is 0.925 bits per heavy atom. The fourth-order valence-electron chi connectivity index (χ4n) is 5.27. The molecule has 1 aromatic heterocycles. The van der Waals surface area contributed by atoms with Crippen LogP contribution in [0, 0.1) is 13.8 Å². The van der Waals surface area contributed by atoms with Crippen molar-refractivity contribution in [2.45, 2.75) is 62.4 Å². The Balaban J connectivity index is 1.55. The molecule has 1 fully saturated rings. The molecule has 7 nitrogen and oxygen atoms in total. The van der Waals surface area contributed by atoms with Crippen LogP contribution in [0.2, 0.25) is 0 Å². The third kappa shape index (κ3) is 6.02. The number of ether oxygens (including phenoxy) is 2. The standard InChI is InChI=1S/C32H36N4O3S/c1-21-15-16-22(2)26(19-21)33-31(37)29(23-11-7-5-8-12-23)40-32-35-34-30(36(32)25-13-9-6-10-14-25)24-17-18-27(38-3)28(20-24)39-4/h5,7-8,11-12,15-20,25,29H,6,9-10,13-14H2,1-4H3,(H,33,37). The predicted octanol–water partition coefficient (Wildman–Crippen LogP) is 7.56. The van der Waals surface area contributed by atoms with Crippen LogP contribution in [0.1, 0.15) is 60.1 Å². The zero-order valence-electron chi connectivity index (χ0n) is 23.5. The average Bonchev–Trinajstić information content (AvgIpc) is 3.41. The molecule has 1 aliphatic rings. The maximum atomic E-state index is 13.9. The lowest BCUT2D eigenvalue weighted by Crippen LogP contribution is -2.21. The molecule has 1 N–H and O–H groups in total. The molecule has 40 heavy (non-hydrogen) atoms. The number of nitrogens with one attached hydrogen (secondary N) is 1. The van der Waals surface area contributed by atoms with Crippen LogP contribution in [-0.2, 0) is 4.79 Å². The van der Waals surface area contributed by atoms with E-state index in [1.54, 1.807) is 14.2 Å². The molecule has 1 amide bonds. The number of anilines is 1. The van der Waals surface area contributed by atoms with Crippen LogP contribution in [0.5, 0.6) is 11.5 Å². The lowest BCUT2D eigenvalue weighted by molar-refractivity contribution is -0.115. The summed E-state index contributed by atoms with van der Waals surface area (Å²) in [6.45, 7) is 4.04. The van der Waals surface area contributed by atoms with Crippen LogP contribution >= 0.6 is 11.8 Å². The number of carbonyl (C=O) groups excluding carboxylic acids is 1. The van der Waals surface area contributed by atoms with Crippen molar-refractivity contribution in [1.82, 2.24) is 14.8 Å². The minimum atomic E-state index is -0.508. The van der Waals surface area contributed by atoms with E-state index in [0.717, 1.165) is 64.6 Å². The van der Waals surface area contributed by atoms with Gasteiger partial charge in [-0.1, -0.05) is 73.5 Å². The first-order chi connectivity index (χ1) is 19.5. The van der Waals surface area contributed by atoms with Gasteiger partial charge in [0.2, 0.25) is 5.91 Å². The number of methoxy groups -OCH3 is 2. The molecule has 0 radical (unpaired) electrons. The first-order valence-corrected chi connectivity index (χ1v) is 14.6. The summed E-state index contributed by atoms with van der Waals surface area (Å²) in [5.74, 6) is 1.99. The van der Waals surface area contributed by atoms with Gasteiger partial charge in [-0.2, -0.15) is 0 Å². The quantitative estimate of drug-likeness (QED) is 0.214. The highest BCUT2D eigenvalue weighted by molar-refractivity contribution is 8.00. The molecule has 1 saturated carbocycles. The van der Waals surface area contributed by atoms with Crippen LogP contribution in [0.4, 0.5) is 5.69 Å². The van der Waals surface area contributed by atoms with Gasteiger partial charge >= 0.3 is 0 Å². The molecule has 1 aliphatic carbocycles. The highest BCUT2D eigenvalue weighted by Gasteiger charge is 2.30. The number of thioether (sulfide) groups is 1. The van der Waals surface area contributed by atoms with Gasteiger partial charge in [-0.15, -0.1) is 10.2 Å². The third-order valence-electron chi connectivity index (χ3n) is 7.46. The number of carbonyl (C=O) groups is 1. The first-order valence-electron chi connectivity index (χ1n) is 13.8. The number of amides is 1. The van der Waals surface area contributed by atoms with E-state index in [-0.39, 0.29) is 11.9 Å². The van der Waals surface area contributed by atoms with Crippen LogP contribution in [0.3, 0.4) is 0 Å². The summed E-state index contributed by atoms with van der Waals surface area (Å²) in [6.07, 6.45) is 5.66. The summed E-state index contributed by atoms with van der Waals surface area (Å²) in [5, 5.41) is 12.8. The Hall–Kier alpha value is -3.78. The van der Waals surface area contributed by atoms with Gasteiger partial charge < -0.3 is 14.8 Å². The van der Waals surface area contributed by atoms with E-state index in [1.807, 2.05) is 74.5 Å². The van der Waals surface area contributed by atoms with E-state index in [1.165, 1.54) is 18.2 Å². The number of benzene rings is 3. The third-order valence-corrected chi connectivity index (χ3v) is 8.67. The van der Waals surface area contributed by atoms with Crippen molar-refractivity contribution in [2.75, 3.05) is 19.5 Å². The van der Waals surface area contributed by atoms with Crippen LogP contribution in [-0.4, -0.2) is 34.9 Å². The Kier molecular flexibility index (Phi) is 8.75. The Morgan fingerprint density at radius 3 is 2.40 bits per heavy atom. The largest absolute Gasteiger partial charge is 0.493 e. The lowest BCUT2D eigenvalue weighted by atomic mass is 9.95. The smallest absolute Gasteiger partial charge is 0.242 e. The van der Waals surface area contributed by atoms with Gasteiger partial charge in [-0.25, -0.2) is 0 Å². The average molecular weight is 557 g/mol. The molecule has 0 bridgehead atoms. The van der Waals surface area contributed by atoms with Gasteiger partial charge in [0.15, 0.2) is 22.5 Å². The van der Waals surface area contributed by atoms with E-state index in [4.69, 9.17) is 9.47 Å². The summed E-state index contributed by atoms with van der Waals surface area (Å²) in [4.78, 5) is 13.9. The molecule has 0 spiro atoms. The number of hydrogen-bond acceptors (Lipinski definition) is 6. The van der Waals surface area contributed by atoms with Crippen molar-refractivity contribution in [3.05, 3.63) is 83.4 Å². The fourth-order valence-corrected chi connectivity index (χ4v) is 6.38. The summed E-state index contributed by atoms with van der Waals surface area (Å²) < 4.78 is 13.3. The highest BCUT2D eigenvalue weighted by Crippen LogP contribution is 2.42. The van der Waals surface area contributed by atoms with Crippen molar-refractivity contribution in [1.29, 1.82) is 0 Å². The molecular formula is C32H36N4O3S. The molecule has 1 heterocycles. The number of aromatic nitrogens is 3. The fraction of sp³-hybridized carbons (Fsp3) is 0.344. The summed E-state index contributed by atoms with van der Waals surface area (Å²) in [6, 6.07) is 22.1. The van der Waals surface area contributed by atoms with Crippen molar-refractivity contribution >= 4 is 23.4 Å². The maximum Gasteiger partial charge on any atom is 0.242 e. The van der Waals surface area contributed by atoms with Crippen molar-refractivity contribution < 1.29 is 14.3 Å². The van der Waals surface area contributed by atoms with Gasteiger partial charge in [-0.05, 0) is 67.6 Å². The lowest BCUT2D eigenvalue weighted by Gasteiger charge is -2.26. The number of hydrogen-bond donors (Lipinski definition) is 1. The van der Waals surface area contributed by atoms with E-state index in [0.29, 0.717) is 11.5 Å². The molecule has 0 aliphatic heterocycles. The summed E-state index contributed by atoms with van der Waals surface area (Å²) >= 11 is 1.45. The van der Waals surface area contributed by atoms with Gasteiger partial charge in [0.05, 0.1) is 14.2 Å². The Labute approximate surface area is 240 Å². The monoisotopic (exact) mass is 556 g/mol. The van der Waals surface area contributed by atoms with Crippen molar-refractivity contribution in [3.8, 4) is 22.9 Å². The molecule has 1 unspecified atom stereocenters. The van der Waals surface area contributed by atoms with E-state index in [2.05, 4.69) is 26.1 Å². The van der Waals surface area contributed by atoms with Crippen LogP contribution in [0.15, 0.2) is 71.9 Å². The van der Waals surface area contributed by atoms with Crippen molar-refractivity contribution in [2.24, 2.45) is 0 Å². The molecule has 0 saturated heterocycles. The molecule has 5 rings (SSSR count). The molecule has 1 atom stereocenters. The zero-order valence-corrected chi connectivity index (χ0v) is 24.3. The predicted molar refractivity (Wildman–Crippen MR) is 160 cm³/mol. The second kappa shape index (κ2) is 12.6. The van der Waals surface area contributed by atoms with Gasteiger partial charge in [0, 0.05) is 17.3 Å². The first kappa shape index (κ1) is 27.8. The Morgan fingerprint density at radius 2 is 1.68 bits per heavy atom. The maximum absolute atomic E-state index is 13.9. The molecule has 208 valence electrons. The second-order valence-corrected chi connectivity index (χ2v) is 11.3. The minimum Gasteiger partial charge on any atom is -0.493 e. The number of rotatable bonds is 9. The second-order valence-electron chi connectivity index (χ2n) is 10.3. The SMILES string of the molecule is COc1ccc(-c2nnc(SC(C(=O)Nc3cc(C)ccc3C)c3ccccc3)n2C2CCCCC2)cc1OC. The number of aryl methyl sites for hydroxylation is 2. The molecule has 3 aromatic carbocycles. The minimum absolute atomic E-state index is 0.0873. The van der Waals surface area contributed by atoms with E-state index >= 15 is 0 Å². The Bertz CT molecular complexity index is 1460. The van der Waals surface area contributed by atoms with Gasteiger partial charge in [-0.3, -0.25) is 9.36 Å². The van der Waals surface area contributed by atoms with E-state index < -0.39 is 5.25 Å². The summed E-state index contributed by atoms with van der Waals surface area (Å²) in [5.41, 5.74) is 4.77. The van der Waals surface area contributed by atoms with Gasteiger partial charge in [0.25, 0.3) is 0 Å². The van der Waals surface area contributed by atoms with Crippen LogP contribution < -0.4 is 14.8 Å². The summed E-state index contributed by atoms with van der Waals surface area (Å²) in [7, 11) is 3.26. The van der Waals surface area contributed by atoms with E-state index in [9.17, 15) is 4.79 Å². The molecular weight excluding hydrogens is 520 g/mol. The molecule has 8 heteroatoms. The zero-order chi connectivity index (χ0) is 28.1.